The van der Waals surface area contributed by atoms with E-state index in [-0.39, 0.29) is 6.03 Å². The summed E-state index contributed by atoms with van der Waals surface area (Å²) in [5.41, 5.74) is 0. The van der Waals surface area contributed by atoms with Crippen molar-refractivity contribution >= 4 is 6.03 Å². The minimum atomic E-state index is 0.264. The van der Waals surface area contributed by atoms with Crippen LogP contribution in [-0.4, -0.2) is 92.1 Å². The minimum Gasteiger partial charge on any atom is -0.325 e. The molecule has 2 amide bonds. The highest BCUT2D eigenvalue weighted by Crippen LogP contribution is 2.12. The van der Waals surface area contributed by atoms with E-state index in [1.807, 2.05) is 9.80 Å². The maximum atomic E-state index is 12.2. The van der Waals surface area contributed by atoms with Crippen molar-refractivity contribution in [2.45, 2.75) is 12.8 Å². The first-order valence-electron chi connectivity index (χ1n) is 7.08. The molecule has 104 valence electrons. The maximum absolute atomic E-state index is 12.2. The normalized spacial score (nSPS) is 21.9. The van der Waals surface area contributed by atoms with Crippen LogP contribution in [0.1, 0.15) is 12.8 Å². The molecule has 0 saturated carbocycles. The molecule has 0 atom stereocenters. The summed E-state index contributed by atoms with van der Waals surface area (Å²) in [4.78, 5) is 20.9. The van der Waals surface area contributed by atoms with Gasteiger partial charge in [0.1, 0.15) is 0 Å². The molecule has 0 radical (unpaired) electrons. The Morgan fingerprint density at radius 1 is 0.944 bits per heavy atom. The Morgan fingerprint density at radius 2 is 1.50 bits per heavy atom. The quantitative estimate of drug-likeness (QED) is 0.729. The number of likely N-dealkylation sites (tertiary alicyclic amines) is 1. The van der Waals surface area contributed by atoms with Gasteiger partial charge in [-0.3, -0.25) is 4.90 Å². The summed E-state index contributed by atoms with van der Waals surface area (Å²) in [6.07, 6.45) is 2.35. The van der Waals surface area contributed by atoms with Crippen LogP contribution in [-0.2, 0) is 0 Å². The molecular weight excluding hydrogens is 228 g/mol. The average Bonchev–Trinajstić information content (AvgIpc) is 2.90. The van der Waals surface area contributed by atoms with Crippen molar-refractivity contribution in [2.75, 3.05) is 66.5 Å². The molecule has 5 nitrogen and oxygen atoms in total. The molecule has 0 spiro atoms. The number of hydrogen-bond acceptors (Lipinski definition) is 3. The third-order valence-corrected chi connectivity index (χ3v) is 3.88. The molecular formula is C13H26N4O. The molecule has 5 heteroatoms. The Kier molecular flexibility index (Phi) is 4.83. The molecule has 0 bridgehead atoms. The lowest BCUT2D eigenvalue weighted by atomic mass is 10.3. The van der Waals surface area contributed by atoms with Gasteiger partial charge < -0.3 is 14.7 Å². The summed E-state index contributed by atoms with van der Waals surface area (Å²) in [5, 5.41) is 0. The lowest BCUT2D eigenvalue weighted by Crippen LogP contribution is -2.53. The molecule has 0 N–H and O–H groups in total. The van der Waals surface area contributed by atoms with Crippen LogP contribution in [0.15, 0.2) is 0 Å². The van der Waals surface area contributed by atoms with Gasteiger partial charge in [-0.15, -0.1) is 0 Å². The van der Waals surface area contributed by atoms with Crippen LogP contribution in [0.4, 0.5) is 4.79 Å². The Bertz CT molecular complexity index is 268. The molecule has 2 heterocycles. The van der Waals surface area contributed by atoms with Gasteiger partial charge in [-0.25, -0.2) is 4.79 Å². The molecule has 18 heavy (non-hydrogen) atoms. The van der Waals surface area contributed by atoms with E-state index >= 15 is 0 Å². The second-order valence-electron chi connectivity index (χ2n) is 5.61. The predicted octanol–water partition coefficient (Wildman–Crippen LogP) is 0.381. The first-order chi connectivity index (χ1) is 8.66. The van der Waals surface area contributed by atoms with Crippen LogP contribution >= 0.6 is 0 Å². The average molecular weight is 254 g/mol. The minimum absolute atomic E-state index is 0.264. The number of piperazine rings is 1. The van der Waals surface area contributed by atoms with Crippen LogP contribution < -0.4 is 0 Å². The zero-order valence-electron chi connectivity index (χ0n) is 11.8. The van der Waals surface area contributed by atoms with Crippen LogP contribution in [0.5, 0.6) is 0 Å². The van der Waals surface area contributed by atoms with Gasteiger partial charge in [-0.2, -0.15) is 0 Å². The zero-order chi connectivity index (χ0) is 13.0. The van der Waals surface area contributed by atoms with Gasteiger partial charge in [0.15, 0.2) is 0 Å². The van der Waals surface area contributed by atoms with Crippen molar-refractivity contribution in [2.24, 2.45) is 0 Å². The fraction of sp³-hybridized carbons (Fsp3) is 0.923. The highest BCUT2D eigenvalue weighted by atomic mass is 16.2. The first kappa shape index (κ1) is 13.6. The molecule has 0 aliphatic carbocycles. The van der Waals surface area contributed by atoms with Gasteiger partial charge in [-0.1, -0.05) is 0 Å². The summed E-state index contributed by atoms with van der Waals surface area (Å²) in [5.74, 6) is 0. The van der Waals surface area contributed by atoms with Gasteiger partial charge in [0.25, 0.3) is 0 Å². The van der Waals surface area contributed by atoms with Crippen LogP contribution in [0.2, 0.25) is 0 Å². The van der Waals surface area contributed by atoms with E-state index in [9.17, 15) is 4.79 Å². The molecule has 2 rings (SSSR count). The maximum Gasteiger partial charge on any atom is 0.320 e. The number of carbonyl (C=O) groups is 1. The van der Waals surface area contributed by atoms with Crippen molar-refractivity contribution in [3.63, 3.8) is 0 Å². The third-order valence-electron chi connectivity index (χ3n) is 3.88. The largest absolute Gasteiger partial charge is 0.325 e. The Hall–Kier alpha value is -0.810. The summed E-state index contributed by atoms with van der Waals surface area (Å²) in [6, 6.07) is 0.264. The number of likely N-dealkylation sites (N-methyl/N-ethyl adjacent to an activating group) is 1. The first-order valence-corrected chi connectivity index (χ1v) is 7.08. The van der Waals surface area contributed by atoms with Crippen molar-refractivity contribution in [1.29, 1.82) is 0 Å². The second kappa shape index (κ2) is 6.38. The van der Waals surface area contributed by atoms with Crippen molar-refractivity contribution in [3.05, 3.63) is 0 Å². The molecule has 2 fully saturated rings. The van der Waals surface area contributed by atoms with E-state index < -0.39 is 0 Å². The number of carbonyl (C=O) groups excluding carboxylic acids is 1. The van der Waals surface area contributed by atoms with Crippen LogP contribution in [0.25, 0.3) is 0 Å². The highest BCUT2D eigenvalue weighted by molar-refractivity contribution is 5.74. The summed E-state index contributed by atoms with van der Waals surface area (Å²) in [6.45, 7) is 7.95. The summed E-state index contributed by atoms with van der Waals surface area (Å²) in [7, 11) is 4.21. The van der Waals surface area contributed by atoms with Gasteiger partial charge in [-0.05, 0) is 26.9 Å². The standard InChI is InChI=1S/C13H26N4O/c1-14(2)7-8-15-9-11-17(12-10-15)13(18)16-5-3-4-6-16/h3-12H2,1-2H3. The molecule has 0 aromatic rings. The fourth-order valence-corrected chi connectivity index (χ4v) is 2.61. The van der Waals surface area contributed by atoms with Gasteiger partial charge in [0.2, 0.25) is 0 Å². The second-order valence-corrected chi connectivity index (χ2v) is 5.61. The third kappa shape index (κ3) is 3.59. The number of urea groups is 1. The highest BCUT2D eigenvalue weighted by Gasteiger charge is 2.26. The summed E-state index contributed by atoms with van der Waals surface area (Å²) < 4.78 is 0. The van der Waals surface area contributed by atoms with Crippen LogP contribution in [0, 0.1) is 0 Å². The van der Waals surface area contributed by atoms with E-state index in [2.05, 4.69) is 23.9 Å². The van der Waals surface area contributed by atoms with Gasteiger partial charge >= 0.3 is 6.03 Å². The number of hydrogen-bond donors (Lipinski definition) is 0. The van der Waals surface area contributed by atoms with E-state index in [0.717, 1.165) is 52.4 Å². The van der Waals surface area contributed by atoms with E-state index in [1.165, 1.54) is 12.8 Å². The molecule has 0 unspecified atom stereocenters. The Morgan fingerprint density at radius 3 is 2.06 bits per heavy atom. The molecule has 0 aromatic carbocycles. The lowest BCUT2D eigenvalue weighted by molar-refractivity contribution is 0.114. The monoisotopic (exact) mass is 254 g/mol. The fourth-order valence-electron chi connectivity index (χ4n) is 2.61. The predicted molar refractivity (Wildman–Crippen MR) is 72.8 cm³/mol. The van der Waals surface area contributed by atoms with Crippen LogP contribution in [0.3, 0.4) is 0 Å². The molecule has 2 saturated heterocycles. The molecule has 0 aromatic heterocycles. The van der Waals surface area contributed by atoms with E-state index in [1.54, 1.807) is 0 Å². The number of amides is 2. The van der Waals surface area contributed by atoms with Crippen molar-refractivity contribution < 1.29 is 4.79 Å². The van der Waals surface area contributed by atoms with E-state index in [4.69, 9.17) is 0 Å². The lowest BCUT2D eigenvalue weighted by Gasteiger charge is -2.36. The number of rotatable bonds is 3. The topological polar surface area (TPSA) is 30.0 Å². The Balaban J connectivity index is 1.70. The smallest absolute Gasteiger partial charge is 0.320 e. The van der Waals surface area contributed by atoms with Crippen molar-refractivity contribution in [3.8, 4) is 0 Å². The van der Waals surface area contributed by atoms with Gasteiger partial charge in [0, 0.05) is 52.4 Å². The SMILES string of the molecule is CN(C)CCN1CCN(C(=O)N2CCCC2)CC1. The summed E-state index contributed by atoms with van der Waals surface area (Å²) >= 11 is 0. The van der Waals surface area contributed by atoms with Crippen molar-refractivity contribution in [1.82, 2.24) is 19.6 Å². The van der Waals surface area contributed by atoms with Gasteiger partial charge in [0.05, 0.1) is 0 Å². The van der Waals surface area contributed by atoms with E-state index in [0.29, 0.717) is 0 Å². The molecule has 2 aliphatic heterocycles. The molecule has 2 aliphatic rings. The Labute approximate surface area is 110 Å². The zero-order valence-corrected chi connectivity index (χ0v) is 11.8. The number of nitrogens with zero attached hydrogens (tertiary/aromatic N) is 4.